The van der Waals surface area contributed by atoms with E-state index in [0.717, 1.165) is 51.4 Å². The van der Waals surface area contributed by atoms with Gasteiger partial charge in [-0.3, -0.25) is 9.59 Å². The summed E-state index contributed by atoms with van der Waals surface area (Å²) in [7, 11) is 0. The molecular weight excluding hydrogens is 755 g/mol. The van der Waals surface area contributed by atoms with Crippen LogP contribution in [0.4, 0.5) is 0 Å². The number of aliphatic hydroxyl groups excluding tert-OH is 2. The molecule has 0 aromatic carbocycles. The Morgan fingerprint density at radius 2 is 0.820 bits per heavy atom. The average molecular weight is 860 g/mol. The van der Waals surface area contributed by atoms with Gasteiger partial charge in [-0.15, -0.1) is 0 Å². The highest BCUT2D eigenvalue weighted by molar-refractivity contribution is 5.76. The molecule has 61 heavy (non-hydrogen) atoms. The molecule has 0 heterocycles. The summed E-state index contributed by atoms with van der Waals surface area (Å²) >= 11 is 0. The van der Waals surface area contributed by atoms with Crippen molar-refractivity contribution in [1.82, 2.24) is 5.32 Å². The molecule has 3 N–H and O–H groups in total. The fraction of sp³-hybridized carbons (Fsp3) is 0.891. The number of hydrogen-bond donors (Lipinski definition) is 3. The number of rotatable bonds is 50. The lowest BCUT2D eigenvalue weighted by atomic mass is 10.0. The normalized spacial score (nSPS) is 12.8. The van der Waals surface area contributed by atoms with Crippen LogP contribution in [0.1, 0.15) is 290 Å². The lowest BCUT2D eigenvalue weighted by Gasteiger charge is -2.22. The fourth-order valence-corrected chi connectivity index (χ4v) is 8.36. The van der Waals surface area contributed by atoms with E-state index in [0.29, 0.717) is 25.9 Å². The number of nitrogens with one attached hydrogen (secondary N) is 1. The summed E-state index contributed by atoms with van der Waals surface area (Å²) in [5.41, 5.74) is 0. The van der Waals surface area contributed by atoms with E-state index in [-0.39, 0.29) is 18.5 Å². The van der Waals surface area contributed by atoms with Crippen molar-refractivity contribution in [3.05, 3.63) is 24.3 Å². The van der Waals surface area contributed by atoms with Crippen molar-refractivity contribution in [3.63, 3.8) is 0 Å². The Kier molecular flexibility index (Phi) is 49.6. The van der Waals surface area contributed by atoms with Crippen LogP contribution >= 0.6 is 0 Å². The van der Waals surface area contributed by atoms with Gasteiger partial charge in [0.1, 0.15) is 0 Å². The van der Waals surface area contributed by atoms with Gasteiger partial charge in [-0.25, -0.2) is 0 Å². The van der Waals surface area contributed by atoms with Gasteiger partial charge in [0.05, 0.1) is 25.4 Å². The van der Waals surface area contributed by atoms with Crippen LogP contribution < -0.4 is 5.32 Å². The highest BCUT2D eigenvalue weighted by Gasteiger charge is 2.20. The van der Waals surface area contributed by atoms with Crippen molar-refractivity contribution < 1.29 is 24.5 Å². The molecule has 0 bridgehead atoms. The van der Waals surface area contributed by atoms with E-state index in [9.17, 15) is 19.8 Å². The van der Waals surface area contributed by atoms with E-state index >= 15 is 0 Å². The second-order valence-electron chi connectivity index (χ2n) is 18.6. The second kappa shape index (κ2) is 51.0. The number of carbonyl (C=O) groups excluding carboxylic acids is 2. The van der Waals surface area contributed by atoms with Crippen LogP contribution in [0.2, 0.25) is 0 Å². The minimum absolute atomic E-state index is 0.0339. The summed E-state index contributed by atoms with van der Waals surface area (Å²) in [6.07, 6.45) is 60.4. The van der Waals surface area contributed by atoms with Gasteiger partial charge in [0.25, 0.3) is 0 Å². The number of aliphatic hydroxyl groups is 2. The molecule has 0 aliphatic rings. The van der Waals surface area contributed by atoms with Gasteiger partial charge in [-0.1, -0.05) is 256 Å². The first-order chi connectivity index (χ1) is 30.0. The summed E-state index contributed by atoms with van der Waals surface area (Å²) in [4.78, 5) is 24.4. The van der Waals surface area contributed by atoms with Crippen molar-refractivity contribution in [1.29, 1.82) is 0 Å². The maximum atomic E-state index is 12.4. The Labute approximate surface area is 380 Å². The van der Waals surface area contributed by atoms with Crippen molar-refractivity contribution in [2.75, 3.05) is 13.2 Å². The van der Waals surface area contributed by atoms with Gasteiger partial charge in [-0.05, 0) is 44.9 Å². The topological polar surface area (TPSA) is 95.9 Å². The lowest BCUT2D eigenvalue weighted by molar-refractivity contribution is -0.143. The molecule has 360 valence electrons. The molecule has 0 spiro atoms. The number of unbranched alkanes of at least 4 members (excludes halogenated alkanes) is 35. The number of esters is 1. The molecule has 0 aromatic heterocycles. The number of allylic oxidation sites excluding steroid dienone is 3. The van der Waals surface area contributed by atoms with Crippen LogP contribution in [-0.2, 0) is 14.3 Å². The molecule has 0 radical (unpaired) electrons. The first kappa shape index (κ1) is 59.3. The van der Waals surface area contributed by atoms with Gasteiger partial charge in [0.15, 0.2) is 0 Å². The van der Waals surface area contributed by atoms with E-state index in [4.69, 9.17) is 4.74 Å². The third kappa shape index (κ3) is 47.7. The Morgan fingerprint density at radius 3 is 1.25 bits per heavy atom. The first-order valence-electron chi connectivity index (χ1n) is 27.1. The third-order valence-electron chi connectivity index (χ3n) is 12.5. The van der Waals surface area contributed by atoms with E-state index in [2.05, 4.69) is 43.5 Å². The first-order valence-corrected chi connectivity index (χ1v) is 27.1. The Balaban J connectivity index is 3.43. The van der Waals surface area contributed by atoms with Crippen LogP contribution in [0.3, 0.4) is 0 Å². The number of carbonyl (C=O) groups is 2. The van der Waals surface area contributed by atoms with Gasteiger partial charge >= 0.3 is 5.97 Å². The van der Waals surface area contributed by atoms with Crippen LogP contribution in [0.15, 0.2) is 24.3 Å². The maximum absolute atomic E-state index is 12.4. The Bertz CT molecular complexity index is 951. The van der Waals surface area contributed by atoms with Crippen molar-refractivity contribution >= 4 is 11.9 Å². The van der Waals surface area contributed by atoms with Crippen LogP contribution in [0.25, 0.3) is 0 Å². The summed E-state index contributed by atoms with van der Waals surface area (Å²) in [5.74, 6) is -0.0751. The molecule has 1 amide bonds. The van der Waals surface area contributed by atoms with E-state index < -0.39 is 12.1 Å². The Hall–Kier alpha value is -1.66. The zero-order valence-electron chi connectivity index (χ0n) is 40.9. The van der Waals surface area contributed by atoms with E-state index in [1.165, 1.54) is 205 Å². The number of hydrogen-bond acceptors (Lipinski definition) is 5. The Morgan fingerprint density at radius 1 is 0.459 bits per heavy atom. The minimum atomic E-state index is -0.665. The minimum Gasteiger partial charge on any atom is -0.465 e. The standard InChI is InChI=1S/C55H105NO5/c1-3-5-7-9-11-13-15-25-29-33-37-41-45-49-55(60)61-50-46-42-38-34-30-27-24-22-20-18-16-17-19-21-23-26-28-32-36-40-44-48-54(59)56-52(51-57)53(58)47-43-39-35-31-14-12-10-8-6-4-2/h27,30,38,42,52-53,57-58H,3-26,28-29,31-37,39-41,43-51H2,1-2H3,(H,56,59)/b30-27-,42-38-. The molecule has 0 fully saturated rings. The van der Waals surface area contributed by atoms with Gasteiger partial charge in [0.2, 0.25) is 5.91 Å². The third-order valence-corrected chi connectivity index (χ3v) is 12.5. The van der Waals surface area contributed by atoms with Crippen LogP contribution in [0, 0.1) is 0 Å². The smallest absolute Gasteiger partial charge is 0.305 e. The highest BCUT2D eigenvalue weighted by Crippen LogP contribution is 2.17. The zero-order valence-corrected chi connectivity index (χ0v) is 40.9. The molecule has 0 rings (SSSR count). The lowest BCUT2D eigenvalue weighted by Crippen LogP contribution is -2.45. The fourth-order valence-electron chi connectivity index (χ4n) is 8.36. The number of amides is 1. The quantitative estimate of drug-likeness (QED) is 0.0322. The molecular formula is C55H105NO5. The molecule has 0 aromatic rings. The highest BCUT2D eigenvalue weighted by atomic mass is 16.5. The summed E-state index contributed by atoms with van der Waals surface area (Å²) in [5, 5.41) is 23.1. The molecule has 0 saturated heterocycles. The molecule has 0 aliphatic heterocycles. The van der Waals surface area contributed by atoms with E-state index in [1.54, 1.807) is 0 Å². The van der Waals surface area contributed by atoms with Gasteiger partial charge < -0.3 is 20.3 Å². The molecule has 6 heteroatoms. The molecule has 2 atom stereocenters. The number of ether oxygens (including phenoxy) is 1. The predicted octanol–water partition coefficient (Wildman–Crippen LogP) is 16.3. The molecule has 0 aliphatic carbocycles. The van der Waals surface area contributed by atoms with Crippen LogP contribution in [0.5, 0.6) is 0 Å². The van der Waals surface area contributed by atoms with Crippen LogP contribution in [-0.4, -0.2) is 47.4 Å². The van der Waals surface area contributed by atoms with Crippen molar-refractivity contribution in [3.8, 4) is 0 Å². The van der Waals surface area contributed by atoms with Crippen molar-refractivity contribution in [2.45, 2.75) is 302 Å². The molecule has 6 nitrogen and oxygen atoms in total. The molecule has 0 saturated carbocycles. The second-order valence-corrected chi connectivity index (χ2v) is 18.6. The summed E-state index contributed by atoms with van der Waals surface area (Å²) in [6.45, 7) is 4.83. The zero-order chi connectivity index (χ0) is 44.4. The van der Waals surface area contributed by atoms with Gasteiger partial charge in [0, 0.05) is 12.8 Å². The van der Waals surface area contributed by atoms with E-state index in [1.807, 2.05) is 0 Å². The monoisotopic (exact) mass is 860 g/mol. The predicted molar refractivity (Wildman–Crippen MR) is 264 cm³/mol. The summed E-state index contributed by atoms with van der Waals surface area (Å²) in [6, 6.07) is -0.543. The SMILES string of the molecule is CCCCCCCCCCCCCCCC(=O)OCC/C=C\C/C=C\CCCCCCCCCCCCCCCCC(=O)NC(CO)C(O)CCCCCCCCCCCC. The summed E-state index contributed by atoms with van der Waals surface area (Å²) < 4.78 is 5.40. The van der Waals surface area contributed by atoms with Crippen molar-refractivity contribution in [2.24, 2.45) is 0 Å². The average Bonchev–Trinajstić information content (AvgIpc) is 3.26. The van der Waals surface area contributed by atoms with Gasteiger partial charge in [-0.2, -0.15) is 0 Å². The molecule has 2 unspecified atom stereocenters. The maximum Gasteiger partial charge on any atom is 0.305 e. The largest absolute Gasteiger partial charge is 0.465 e.